The monoisotopic (exact) mass is 384 g/mol. The van der Waals surface area contributed by atoms with E-state index in [9.17, 15) is 18.0 Å². The molecule has 2 aromatic rings. The van der Waals surface area contributed by atoms with Crippen molar-refractivity contribution in [1.29, 1.82) is 0 Å². The molecule has 1 unspecified atom stereocenters. The molecule has 0 radical (unpaired) electrons. The summed E-state index contributed by atoms with van der Waals surface area (Å²) in [5, 5.41) is 6.74. The minimum Gasteiger partial charge on any atom is -0.324 e. The van der Waals surface area contributed by atoms with Crippen LogP contribution in [-0.4, -0.2) is 26.0 Å². The third-order valence-corrected chi connectivity index (χ3v) is 5.65. The lowest BCUT2D eigenvalue weighted by Crippen LogP contribution is -2.19. The zero-order chi connectivity index (χ0) is 19.4. The van der Waals surface area contributed by atoms with Gasteiger partial charge < -0.3 is 10.6 Å². The van der Waals surface area contributed by atoms with Crippen molar-refractivity contribution in [2.24, 2.45) is 5.92 Å². The van der Waals surface area contributed by atoms with Crippen molar-refractivity contribution >= 4 is 33.0 Å². The number of carbonyl (C=O) groups excluding carboxylic acids is 2. The van der Waals surface area contributed by atoms with Crippen LogP contribution in [0, 0.1) is 12.8 Å². The highest BCUT2D eigenvalue weighted by molar-refractivity contribution is 7.94. The number of aryl methyl sites for hydroxylation is 1. The normalized spacial score (nSPS) is 17.4. The number of rotatable bonds is 5. The molecule has 3 rings (SSSR count). The first-order chi connectivity index (χ1) is 12.8. The van der Waals surface area contributed by atoms with Gasteiger partial charge in [-0.25, -0.2) is 8.42 Å². The number of sulfone groups is 1. The van der Waals surface area contributed by atoms with Crippen molar-refractivity contribution in [3.63, 3.8) is 0 Å². The predicted octanol–water partition coefficient (Wildman–Crippen LogP) is 3.13. The molecule has 0 bridgehead atoms. The second kappa shape index (κ2) is 7.75. The Morgan fingerprint density at radius 3 is 2.44 bits per heavy atom. The third kappa shape index (κ3) is 5.04. The average Bonchev–Trinajstić information content (AvgIpc) is 2.96. The summed E-state index contributed by atoms with van der Waals surface area (Å²) in [6, 6.07) is 14.1. The molecule has 0 fully saturated rings. The third-order valence-electron chi connectivity index (χ3n) is 4.19. The fourth-order valence-corrected chi connectivity index (χ4v) is 4.26. The van der Waals surface area contributed by atoms with Crippen LogP contribution in [0.5, 0.6) is 0 Å². The molecular formula is C20H20N2O4S. The van der Waals surface area contributed by atoms with E-state index in [1.807, 2.05) is 19.1 Å². The smallest absolute Gasteiger partial charge is 0.255 e. The molecule has 27 heavy (non-hydrogen) atoms. The summed E-state index contributed by atoms with van der Waals surface area (Å²) in [7, 11) is -3.19. The molecule has 140 valence electrons. The predicted molar refractivity (Wildman–Crippen MR) is 105 cm³/mol. The highest BCUT2D eigenvalue weighted by Crippen LogP contribution is 2.25. The zero-order valence-electron chi connectivity index (χ0n) is 14.8. The zero-order valence-corrected chi connectivity index (χ0v) is 15.6. The van der Waals surface area contributed by atoms with E-state index in [1.165, 1.54) is 0 Å². The Balaban J connectivity index is 1.71. The maximum atomic E-state index is 12.4. The summed E-state index contributed by atoms with van der Waals surface area (Å²) in [6.45, 7) is 1.88. The highest BCUT2D eigenvalue weighted by atomic mass is 32.2. The summed E-state index contributed by atoms with van der Waals surface area (Å²) in [5.74, 6) is -0.962. The van der Waals surface area contributed by atoms with Gasteiger partial charge in [0, 0.05) is 23.3 Å². The lowest BCUT2D eigenvalue weighted by atomic mass is 10.1. The van der Waals surface area contributed by atoms with E-state index in [-0.39, 0.29) is 29.9 Å². The van der Waals surface area contributed by atoms with E-state index < -0.39 is 9.84 Å². The van der Waals surface area contributed by atoms with E-state index in [0.29, 0.717) is 16.9 Å². The lowest BCUT2D eigenvalue weighted by Gasteiger charge is -2.14. The van der Waals surface area contributed by atoms with E-state index in [0.717, 1.165) is 11.0 Å². The number of nitrogens with one attached hydrogen (secondary N) is 2. The van der Waals surface area contributed by atoms with Gasteiger partial charge in [0.15, 0.2) is 9.84 Å². The Bertz CT molecular complexity index is 998. The van der Waals surface area contributed by atoms with Crippen LogP contribution >= 0.6 is 0 Å². The quantitative estimate of drug-likeness (QED) is 0.828. The molecule has 0 saturated carbocycles. The average molecular weight is 384 g/mol. The first-order valence-corrected chi connectivity index (χ1v) is 10.2. The molecule has 6 nitrogen and oxygen atoms in total. The Labute approximate surface area is 158 Å². The SMILES string of the molecule is Cc1ccc(NC(=O)c2ccccc2)c(NC(=O)CC2C=CS(=O)(=O)C2)c1. The molecule has 7 heteroatoms. The molecule has 1 aliphatic heterocycles. The van der Waals surface area contributed by atoms with Crippen LogP contribution in [0.3, 0.4) is 0 Å². The molecule has 0 aromatic heterocycles. The molecule has 2 aromatic carbocycles. The summed E-state index contributed by atoms with van der Waals surface area (Å²) >= 11 is 0. The Morgan fingerprint density at radius 2 is 1.78 bits per heavy atom. The topological polar surface area (TPSA) is 92.3 Å². The van der Waals surface area contributed by atoms with Gasteiger partial charge in [0.1, 0.15) is 0 Å². The van der Waals surface area contributed by atoms with E-state index >= 15 is 0 Å². The molecule has 0 aliphatic carbocycles. The van der Waals surface area contributed by atoms with Crippen molar-refractivity contribution in [2.45, 2.75) is 13.3 Å². The summed E-state index contributed by atoms with van der Waals surface area (Å²) in [6.07, 6.45) is 1.61. The largest absolute Gasteiger partial charge is 0.324 e. The van der Waals surface area contributed by atoms with Crippen LogP contribution in [0.1, 0.15) is 22.3 Å². The number of hydrogen-bond acceptors (Lipinski definition) is 4. The second-order valence-corrected chi connectivity index (χ2v) is 8.47. The number of amides is 2. The van der Waals surface area contributed by atoms with Crippen molar-refractivity contribution < 1.29 is 18.0 Å². The Kier molecular flexibility index (Phi) is 5.41. The van der Waals surface area contributed by atoms with E-state index in [1.54, 1.807) is 42.5 Å². The van der Waals surface area contributed by atoms with Gasteiger partial charge in [-0.05, 0) is 36.8 Å². The molecule has 1 aliphatic rings. The van der Waals surface area contributed by atoms with Crippen LogP contribution in [0.4, 0.5) is 11.4 Å². The molecule has 1 atom stereocenters. The fourth-order valence-electron chi connectivity index (χ4n) is 2.86. The van der Waals surface area contributed by atoms with Crippen LogP contribution in [0.15, 0.2) is 60.0 Å². The van der Waals surface area contributed by atoms with E-state index in [4.69, 9.17) is 0 Å². The first kappa shape index (κ1) is 18.8. The molecule has 1 heterocycles. The van der Waals surface area contributed by atoms with Gasteiger partial charge in [0.25, 0.3) is 5.91 Å². The van der Waals surface area contributed by atoms with Crippen LogP contribution in [-0.2, 0) is 14.6 Å². The standard InChI is InChI=1S/C20H20N2O4S/c1-14-7-8-17(22-20(24)16-5-3-2-4-6-16)18(11-14)21-19(23)12-15-9-10-27(25,26)13-15/h2-11,15H,12-13H2,1H3,(H,21,23)(H,22,24). The minimum atomic E-state index is -3.19. The van der Waals surface area contributed by atoms with Gasteiger partial charge in [-0.2, -0.15) is 0 Å². The Hall–Kier alpha value is -2.93. The lowest BCUT2D eigenvalue weighted by molar-refractivity contribution is -0.116. The summed E-state index contributed by atoms with van der Waals surface area (Å²) in [5.41, 5.74) is 2.40. The van der Waals surface area contributed by atoms with Gasteiger partial charge in [-0.15, -0.1) is 0 Å². The van der Waals surface area contributed by atoms with Crippen molar-refractivity contribution in [1.82, 2.24) is 0 Å². The summed E-state index contributed by atoms with van der Waals surface area (Å²) in [4.78, 5) is 24.7. The highest BCUT2D eigenvalue weighted by Gasteiger charge is 2.24. The molecular weight excluding hydrogens is 364 g/mol. The van der Waals surface area contributed by atoms with Gasteiger partial charge in [0.05, 0.1) is 17.1 Å². The maximum absolute atomic E-state index is 12.4. The summed E-state index contributed by atoms with van der Waals surface area (Å²) < 4.78 is 22.9. The van der Waals surface area contributed by atoms with Crippen LogP contribution in [0.25, 0.3) is 0 Å². The minimum absolute atomic E-state index is 0.0498. The van der Waals surface area contributed by atoms with E-state index in [2.05, 4.69) is 10.6 Å². The van der Waals surface area contributed by atoms with Gasteiger partial charge in [-0.1, -0.05) is 30.3 Å². The number of hydrogen-bond donors (Lipinski definition) is 2. The fraction of sp³-hybridized carbons (Fsp3) is 0.200. The van der Waals surface area contributed by atoms with Crippen LogP contribution < -0.4 is 10.6 Å². The van der Waals surface area contributed by atoms with Gasteiger partial charge in [0.2, 0.25) is 5.91 Å². The molecule has 0 spiro atoms. The number of anilines is 2. The van der Waals surface area contributed by atoms with Gasteiger partial charge >= 0.3 is 0 Å². The Morgan fingerprint density at radius 1 is 1.04 bits per heavy atom. The van der Waals surface area contributed by atoms with Crippen molar-refractivity contribution in [2.75, 3.05) is 16.4 Å². The van der Waals surface area contributed by atoms with Crippen molar-refractivity contribution in [3.05, 3.63) is 71.1 Å². The van der Waals surface area contributed by atoms with Crippen molar-refractivity contribution in [3.8, 4) is 0 Å². The molecule has 0 saturated heterocycles. The first-order valence-electron chi connectivity index (χ1n) is 8.50. The second-order valence-electron chi connectivity index (χ2n) is 6.54. The molecule has 2 N–H and O–H groups in total. The maximum Gasteiger partial charge on any atom is 0.255 e. The van der Waals surface area contributed by atoms with Gasteiger partial charge in [-0.3, -0.25) is 9.59 Å². The number of carbonyl (C=O) groups is 2. The van der Waals surface area contributed by atoms with Crippen LogP contribution in [0.2, 0.25) is 0 Å². The number of allylic oxidation sites excluding steroid dienone is 1. The molecule has 2 amide bonds. The number of benzene rings is 2.